The third-order valence-electron chi connectivity index (χ3n) is 2.08. The Morgan fingerprint density at radius 3 is 2.67 bits per heavy atom. The van der Waals surface area contributed by atoms with E-state index in [1.165, 1.54) is 5.56 Å². The smallest absolute Gasteiger partial charge is 0.0595 e. The lowest BCUT2D eigenvalue weighted by atomic mass is 10.1. The van der Waals surface area contributed by atoms with E-state index in [0.717, 1.165) is 19.4 Å². The summed E-state index contributed by atoms with van der Waals surface area (Å²) in [5.74, 6) is 0. The largest absolute Gasteiger partial charge is 0.385 e. The van der Waals surface area contributed by atoms with Gasteiger partial charge in [0.05, 0.1) is 10.0 Å². The molecule has 1 atom stereocenters. The van der Waals surface area contributed by atoms with Gasteiger partial charge < -0.3 is 4.74 Å². The van der Waals surface area contributed by atoms with Crippen molar-refractivity contribution < 1.29 is 4.74 Å². The van der Waals surface area contributed by atoms with Gasteiger partial charge in [0.2, 0.25) is 0 Å². The van der Waals surface area contributed by atoms with Gasteiger partial charge in [-0.25, -0.2) is 0 Å². The fourth-order valence-electron chi connectivity index (χ4n) is 1.27. The predicted molar refractivity (Wildman–Crippen MR) is 69.4 cm³/mol. The second-order valence-corrected chi connectivity index (χ2v) is 5.44. The van der Waals surface area contributed by atoms with Crippen LogP contribution in [0.2, 0.25) is 10.0 Å². The summed E-state index contributed by atoms with van der Waals surface area (Å²) in [6.07, 6.45) is 1.91. The molecule has 4 heteroatoms. The zero-order valence-corrected chi connectivity index (χ0v) is 11.6. The summed E-state index contributed by atoms with van der Waals surface area (Å²) in [4.78, 5) is 0.412. The summed E-state index contributed by atoms with van der Waals surface area (Å²) >= 11 is 15.4. The first-order chi connectivity index (χ1) is 7.13. The van der Waals surface area contributed by atoms with E-state index in [-0.39, 0.29) is 0 Å². The first-order valence-electron chi connectivity index (χ1n) is 4.70. The lowest BCUT2D eigenvalue weighted by Crippen LogP contribution is -2.06. The standard InChI is InChI=1S/C11H13BrCl2O/c1-15-5-4-9(12)6-8-2-3-10(13)11(14)7-8/h2-3,7,9H,4-6H2,1H3. The fraction of sp³-hybridized carbons (Fsp3) is 0.455. The van der Waals surface area contributed by atoms with Crippen molar-refractivity contribution in [3.8, 4) is 0 Å². The molecule has 0 saturated carbocycles. The average Bonchev–Trinajstić information content (AvgIpc) is 2.20. The number of hydrogen-bond acceptors (Lipinski definition) is 1. The summed E-state index contributed by atoms with van der Waals surface area (Å²) < 4.78 is 5.02. The van der Waals surface area contributed by atoms with Gasteiger partial charge in [-0.2, -0.15) is 0 Å². The van der Waals surface area contributed by atoms with Crippen LogP contribution in [-0.2, 0) is 11.2 Å². The van der Waals surface area contributed by atoms with E-state index >= 15 is 0 Å². The Morgan fingerprint density at radius 1 is 1.33 bits per heavy atom. The fourth-order valence-corrected chi connectivity index (χ4v) is 2.15. The van der Waals surface area contributed by atoms with E-state index in [4.69, 9.17) is 27.9 Å². The molecule has 1 rings (SSSR count). The zero-order valence-electron chi connectivity index (χ0n) is 8.47. The first-order valence-corrected chi connectivity index (χ1v) is 6.37. The van der Waals surface area contributed by atoms with Crippen LogP contribution in [0.1, 0.15) is 12.0 Å². The van der Waals surface area contributed by atoms with Crippen molar-refractivity contribution in [3.63, 3.8) is 0 Å². The highest BCUT2D eigenvalue weighted by molar-refractivity contribution is 9.09. The molecule has 0 spiro atoms. The molecule has 1 nitrogen and oxygen atoms in total. The molecular formula is C11H13BrCl2O. The maximum absolute atomic E-state index is 5.93. The van der Waals surface area contributed by atoms with Gasteiger partial charge in [0.25, 0.3) is 0 Å². The molecule has 0 aliphatic heterocycles. The normalized spacial score (nSPS) is 12.8. The van der Waals surface area contributed by atoms with Crippen molar-refractivity contribution in [1.29, 1.82) is 0 Å². The van der Waals surface area contributed by atoms with Crippen molar-refractivity contribution in [3.05, 3.63) is 33.8 Å². The number of alkyl halides is 1. The van der Waals surface area contributed by atoms with Gasteiger partial charge in [0.15, 0.2) is 0 Å². The van der Waals surface area contributed by atoms with E-state index in [1.54, 1.807) is 7.11 Å². The van der Waals surface area contributed by atoms with Crippen molar-refractivity contribution in [2.45, 2.75) is 17.7 Å². The van der Waals surface area contributed by atoms with Gasteiger partial charge in [-0.15, -0.1) is 0 Å². The Morgan fingerprint density at radius 2 is 2.07 bits per heavy atom. The summed E-state index contributed by atoms with van der Waals surface area (Å²) in [6, 6.07) is 5.73. The number of methoxy groups -OCH3 is 1. The number of ether oxygens (including phenoxy) is 1. The zero-order chi connectivity index (χ0) is 11.3. The van der Waals surface area contributed by atoms with Crippen LogP contribution < -0.4 is 0 Å². The maximum Gasteiger partial charge on any atom is 0.0595 e. The molecule has 0 saturated heterocycles. The lowest BCUT2D eigenvalue weighted by molar-refractivity contribution is 0.194. The first kappa shape index (κ1) is 13.3. The summed E-state index contributed by atoms with van der Waals surface area (Å²) in [7, 11) is 1.71. The Kier molecular flexibility index (Phi) is 5.98. The summed E-state index contributed by atoms with van der Waals surface area (Å²) in [5.41, 5.74) is 1.18. The van der Waals surface area contributed by atoms with Gasteiger partial charge in [-0.1, -0.05) is 45.2 Å². The molecule has 0 bridgehead atoms. The van der Waals surface area contributed by atoms with Crippen LogP contribution in [0.4, 0.5) is 0 Å². The number of benzene rings is 1. The van der Waals surface area contributed by atoms with Crippen LogP contribution in [0.3, 0.4) is 0 Å². The molecule has 0 fully saturated rings. The molecule has 0 amide bonds. The maximum atomic E-state index is 5.93. The highest BCUT2D eigenvalue weighted by atomic mass is 79.9. The van der Waals surface area contributed by atoms with Gasteiger partial charge in [-0.05, 0) is 30.5 Å². The van der Waals surface area contributed by atoms with Crippen molar-refractivity contribution >= 4 is 39.1 Å². The highest BCUT2D eigenvalue weighted by Crippen LogP contribution is 2.24. The minimum atomic E-state index is 0.412. The van der Waals surface area contributed by atoms with E-state index in [0.29, 0.717) is 14.9 Å². The lowest BCUT2D eigenvalue weighted by Gasteiger charge is -2.09. The Balaban J connectivity index is 2.53. The molecule has 1 aromatic rings. The van der Waals surface area contributed by atoms with E-state index < -0.39 is 0 Å². The minimum Gasteiger partial charge on any atom is -0.385 e. The average molecular weight is 312 g/mol. The van der Waals surface area contributed by atoms with Gasteiger partial charge in [0.1, 0.15) is 0 Å². The second-order valence-electron chi connectivity index (χ2n) is 3.33. The molecule has 1 unspecified atom stereocenters. The molecule has 0 radical (unpaired) electrons. The molecule has 0 aliphatic carbocycles. The van der Waals surface area contributed by atoms with Gasteiger partial charge in [-0.3, -0.25) is 0 Å². The molecule has 15 heavy (non-hydrogen) atoms. The second kappa shape index (κ2) is 6.74. The van der Waals surface area contributed by atoms with Crippen LogP contribution in [0, 0.1) is 0 Å². The topological polar surface area (TPSA) is 9.23 Å². The number of hydrogen-bond donors (Lipinski definition) is 0. The quantitative estimate of drug-likeness (QED) is 0.735. The molecule has 0 N–H and O–H groups in total. The monoisotopic (exact) mass is 310 g/mol. The Bertz CT molecular complexity index is 317. The SMILES string of the molecule is COCCC(Br)Cc1ccc(Cl)c(Cl)c1. The van der Waals surface area contributed by atoms with E-state index in [2.05, 4.69) is 15.9 Å². The Labute approximate surface area is 109 Å². The molecular weight excluding hydrogens is 299 g/mol. The summed E-state index contributed by atoms with van der Waals surface area (Å²) in [6.45, 7) is 0.761. The molecule has 1 aromatic carbocycles. The van der Waals surface area contributed by atoms with E-state index in [9.17, 15) is 0 Å². The van der Waals surface area contributed by atoms with Gasteiger partial charge in [0, 0.05) is 18.5 Å². The molecule has 84 valence electrons. The molecule has 0 aromatic heterocycles. The third kappa shape index (κ3) is 4.73. The number of rotatable bonds is 5. The summed E-state index contributed by atoms with van der Waals surface area (Å²) in [5, 5.41) is 1.21. The predicted octanol–water partition coefficient (Wildman–Crippen LogP) is 4.34. The van der Waals surface area contributed by atoms with Gasteiger partial charge >= 0.3 is 0 Å². The Hall–Kier alpha value is 0.240. The van der Waals surface area contributed by atoms with Crippen LogP contribution in [0.5, 0.6) is 0 Å². The van der Waals surface area contributed by atoms with Crippen molar-refractivity contribution in [2.24, 2.45) is 0 Å². The number of halogens is 3. The molecule has 0 heterocycles. The van der Waals surface area contributed by atoms with Crippen LogP contribution in [0.15, 0.2) is 18.2 Å². The van der Waals surface area contributed by atoms with Crippen LogP contribution >= 0.6 is 39.1 Å². The third-order valence-corrected chi connectivity index (χ3v) is 3.60. The van der Waals surface area contributed by atoms with Crippen LogP contribution in [0.25, 0.3) is 0 Å². The van der Waals surface area contributed by atoms with Crippen molar-refractivity contribution in [2.75, 3.05) is 13.7 Å². The minimum absolute atomic E-state index is 0.412. The van der Waals surface area contributed by atoms with Crippen LogP contribution in [-0.4, -0.2) is 18.5 Å². The highest BCUT2D eigenvalue weighted by Gasteiger charge is 2.06. The van der Waals surface area contributed by atoms with E-state index in [1.807, 2.05) is 18.2 Å². The molecule has 0 aliphatic rings. The van der Waals surface area contributed by atoms with Crippen molar-refractivity contribution in [1.82, 2.24) is 0 Å².